The highest BCUT2D eigenvalue weighted by molar-refractivity contribution is 5.68. The van der Waals surface area contributed by atoms with E-state index in [9.17, 15) is 4.79 Å². The van der Waals surface area contributed by atoms with Crippen molar-refractivity contribution >= 4 is 6.09 Å². The summed E-state index contributed by atoms with van der Waals surface area (Å²) in [5.74, 6) is 0.400. The van der Waals surface area contributed by atoms with Crippen molar-refractivity contribution in [2.75, 3.05) is 27.2 Å². The Morgan fingerprint density at radius 2 is 2.17 bits per heavy atom. The Balaban J connectivity index is 3.38. The highest BCUT2D eigenvalue weighted by Crippen LogP contribution is 1.89. The number of carbonyl (C=O) groups excluding carboxylic acids is 1. The lowest BCUT2D eigenvalue weighted by Crippen LogP contribution is -2.31. The van der Waals surface area contributed by atoms with Crippen LogP contribution in [0.3, 0.4) is 0 Å². The molecule has 0 bridgehead atoms. The van der Waals surface area contributed by atoms with Gasteiger partial charge in [0.15, 0.2) is 0 Å². The van der Waals surface area contributed by atoms with Gasteiger partial charge in [-0.1, -0.05) is 6.58 Å². The summed E-state index contributed by atoms with van der Waals surface area (Å²) in [7, 11) is 3.87. The maximum absolute atomic E-state index is 10.8. The molecule has 0 saturated carbocycles. The molecule has 0 spiro atoms. The van der Waals surface area contributed by atoms with Gasteiger partial charge in [-0.05, 0) is 21.0 Å². The Labute approximate surface area is 73.2 Å². The summed E-state index contributed by atoms with van der Waals surface area (Å²) in [6, 6.07) is 0. The second-order valence-electron chi connectivity index (χ2n) is 2.82. The summed E-state index contributed by atoms with van der Waals surface area (Å²) >= 11 is 0. The molecular weight excluding hydrogens is 156 g/mol. The fourth-order valence-electron chi connectivity index (χ4n) is 0.576. The monoisotopic (exact) mass is 172 g/mol. The average molecular weight is 172 g/mol. The zero-order valence-corrected chi connectivity index (χ0v) is 7.89. The molecule has 0 aliphatic rings. The lowest BCUT2D eigenvalue weighted by atomic mass is 10.6. The minimum absolute atomic E-state index is 0.400. The molecule has 1 N–H and O–H groups in total. The van der Waals surface area contributed by atoms with Crippen LogP contribution in [0.1, 0.15) is 6.92 Å². The van der Waals surface area contributed by atoms with Crippen molar-refractivity contribution in [3.05, 3.63) is 12.3 Å². The van der Waals surface area contributed by atoms with Gasteiger partial charge >= 0.3 is 6.09 Å². The summed E-state index contributed by atoms with van der Waals surface area (Å²) in [5.41, 5.74) is 0. The molecule has 12 heavy (non-hydrogen) atoms. The van der Waals surface area contributed by atoms with Gasteiger partial charge in [-0.15, -0.1) is 0 Å². The Morgan fingerprint density at radius 1 is 1.58 bits per heavy atom. The van der Waals surface area contributed by atoms with Crippen LogP contribution in [0.25, 0.3) is 0 Å². The molecule has 0 fully saturated rings. The van der Waals surface area contributed by atoms with E-state index < -0.39 is 6.09 Å². The quantitative estimate of drug-likeness (QED) is 0.638. The molecule has 0 aromatic carbocycles. The van der Waals surface area contributed by atoms with Gasteiger partial charge in [-0.2, -0.15) is 0 Å². The first-order chi connectivity index (χ1) is 5.52. The minimum atomic E-state index is -0.440. The minimum Gasteiger partial charge on any atom is -0.416 e. The van der Waals surface area contributed by atoms with Crippen LogP contribution in [-0.2, 0) is 4.74 Å². The smallest absolute Gasteiger partial charge is 0.412 e. The number of nitrogens with one attached hydrogen (secondary N) is 1. The van der Waals surface area contributed by atoms with E-state index in [1.807, 2.05) is 19.0 Å². The molecule has 0 unspecified atom stereocenters. The van der Waals surface area contributed by atoms with E-state index in [-0.39, 0.29) is 0 Å². The van der Waals surface area contributed by atoms with E-state index in [0.717, 1.165) is 6.54 Å². The number of hydrogen-bond acceptors (Lipinski definition) is 3. The number of hydrogen-bond donors (Lipinski definition) is 1. The molecule has 0 atom stereocenters. The molecule has 1 amide bonds. The first kappa shape index (κ1) is 11.0. The van der Waals surface area contributed by atoms with Gasteiger partial charge in [0, 0.05) is 13.1 Å². The van der Waals surface area contributed by atoms with Crippen molar-refractivity contribution in [1.29, 1.82) is 0 Å². The summed E-state index contributed by atoms with van der Waals surface area (Å²) in [6.45, 7) is 6.45. The van der Waals surface area contributed by atoms with Gasteiger partial charge < -0.3 is 15.0 Å². The van der Waals surface area contributed by atoms with Gasteiger partial charge in [0.05, 0.1) is 5.76 Å². The topological polar surface area (TPSA) is 41.6 Å². The van der Waals surface area contributed by atoms with Crippen molar-refractivity contribution in [2.24, 2.45) is 0 Å². The van der Waals surface area contributed by atoms with Gasteiger partial charge in [0.2, 0.25) is 0 Å². The molecule has 4 nitrogen and oxygen atoms in total. The molecule has 0 aliphatic carbocycles. The maximum atomic E-state index is 10.8. The van der Waals surface area contributed by atoms with Crippen LogP contribution < -0.4 is 5.32 Å². The molecule has 0 saturated heterocycles. The number of alkyl carbamates (subject to hydrolysis) is 1. The highest BCUT2D eigenvalue weighted by Gasteiger charge is 2.00. The van der Waals surface area contributed by atoms with E-state index in [1.54, 1.807) is 6.92 Å². The predicted octanol–water partition coefficient (Wildman–Crippen LogP) is 0.808. The van der Waals surface area contributed by atoms with Crippen molar-refractivity contribution in [1.82, 2.24) is 10.2 Å². The Bertz CT molecular complexity index is 166. The number of nitrogens with zero attached hydrogens (tertiary/aromatic N) is 1. The predicted molar refractivity (Wildman–Crippen MR) is 47.9 cm³/mol. The summed E-state index contributed by atoms with van der Waals surface area (Å²) in [4.78, 5) is 12.8. The maximum Gasteiger partial charge on any atom is 0.412 e. The third-order valence-corrected chi connectivity index (χ3v) is 1.10. The Kier molecular flexibility index (Phi) is 5.12. The standard InChI is InChI=1S/C8H16N2O2/c1-7(2)12-8(11)9-5-6-10(3)4/h1,5-6H2,2-4H3,(H,9,11). The number of carbonyl (C=O) groups is 1. The van der Waals surface area contributed by atoms with Gasteiger partial charge in [0.25, 0.3) is 0 Å². The summed E-state index contributed by atoms with van der Waals surface area (Å²) in [6.07, 6.45) is -0.440. The third-order valence-electron chi connectivity index (χ3n) is 1.10. The van der Waals surface area contributed by atoms with Crippen LogP contribution >= 0.6 is 0 Å². The molecule has 0 radical (unpaired) electrons. The van der Waals surface area contributed by atoms with E-state index in [4.69, 9.17) is 0 Å². The van der Waals surface area contributed by atoms with Crippen LogP contribution in [0.15, 0.2) is 12.3 Å². The molecule has 70 valence electrons. The second kappa shape index (κ2) is 5.60. The van der Waals surface area contributed by atoms with Crippen molar-refractivity contribution in [2.45, 2.75) is 6.92 Å². The van der Waals surface area contributed by atoms with Gasteiger partial charge in [-0.3, -0.25) is 0 Å². The van der Waals surface area contributed by atoms with Crippen LogP contribution in [-0.4, -0.2) is 38.2 Å². The normalized spacial score (nSPS) is 9.67. The third kappa shape index (κ3) is 7.08. The Hall–Kier alpha value is -1.03. The summed E-state index contributed by atoms with van der Waals surface area (Å²) in [5, 5.41) is 2.58. The van der Waals surface area contributed by atoms with Crippen molar-refractivity contribution in [3.63, 3.8) is 0 Å². The number of likely N-dealkylation sites (N-methyl/N-ethyl adjacent to an activating group) is 1. The highest BCUT2D eigenvalue weighted by atomic mass is 16.6. The van der Waals surface area contributed by atoms with E-state index in [2.05, 4.69) is 16.6 Å². The molecular formula is C8H16N2O2. The van der Waals surface area contributed by atoms with Crippen LogP contribution in [0, 0.1) is 0 Å². The fraction of sp³-hybridized carbons (Fsp3) is 0.625. The zero-order valence-electron chi connectivity index (χ0n) is 7.89. The number of rotatable bonds is 4. The molecule has 0 aromatic heterocycles. The molecule has 0 rings (SSSR count). The first-order valence-electron chi connectivity index (χ1n) is 3.78. The van der Waals surface area contributed by atoms with Crippen LogP contribution in [0.5, 0.6) is 0 Å². The fourth-order valence-corrected chi connectivity index (χ4v) is 0.576. The number of ether oxygens (including phenoxy) is 1. The van der Waals surface area contributed by atoms with Crippen molar-refractivity contribution in [3.8, 4) is 0 Å². The Morgan fingerprint density at radius 3 is 2.58 bits per heavy atom. The molecule has 0 aromatic rings. The summed E-state index contributed by atoms with van der Waals surface area (Å²) < 4.78 is 4.67. The number of amides is 1. The molecule has 0 heterocycles. The van der Waals surface area contributed by atoms with Gasteiger partial charge in [0.1, 0.15) is 0 Å². The van der Waals surface area contributed by atoms with Crippen LogP contribution in [0.2, 0.25) is 0 Å². The van der Waals surface area contributed by atoms with E-state index >= 15 is 0 Å². The average Bonchev–Trinajstić information content (AvgIpc) is 1.84. The van der Waals surface area contributed by atoms with E-state index in [0.29, 0.717) is 12.3 Å². The second-order valence-corrected chi connectivity index (χ2v) is 2.82. The van der Waals surface area contributed by atoms with Crippen LogP contribution in [0.4, 0.5) is 4.79 Å². The molecule has 0 aliphatic heterocycles. The SMILES string of the molecule is C=C(C)OC(=O)NCCN(C)C. The van der Waals surface area contributed by atoms with E-state index in [1.165, 1.54) is 0 Å². The lowest BCUT2D eigenvalue weighted by Gasteiger charge is -2.10. The van der Waals surface area contributed by atoms with Gasteiger partial charge in [-0.25, -0.2) is 4.79 Å². The van der Waals surface area contributed by atoms with Crippen molar-refractivity contribution < 1.29 is 9.53 Å². The molecule has 4 heteroatoms. The lowest BCUT2D eigenvalue weighted by molar-refractivity contribution is 0.175. The zero-order chi connectivity index (χ0) is 9.56. The number of allylic oxidation sites excluding steroid dienone is 1. The first-order valence-corrected chi connectivity index (χ1v) is 3.78. The largest absolute Gasteiger partial charge is 0.416 e.